The minimum atomic E-state index is -1.51. The van der Waals surface area contributed by atoms with Gasteiger partial charge in [0.2, 0.25) is 5.91 Å². The van der Waals surface area contributed by atoms with E-state index in [-0.39, 0.29) is 68.6 Å². The summed E-state index contributed by atoms with van der Waals surface area (Å²) in [5.41, 5.74) is 8.23. The van der Waals surface area contributed by atoms with E-state index in [1.54, 1.807) is 115 Å². The van der Waals surface area contributed by atoms with Gasteiger partial charge in [-0.15, -0.1) is 12.1 Å². The number of nitrogens with zero attached hydrogens (tertiary/aromatic N) is 1. The molecule has 0 unspecified atom stereocenters. The van der Waals surface area contributed by atoms with Crippen molar-refractivity contribution in [2.75, 3.05) is 0 Å². The van der Waals surface area contributed by atoms with Crippen molar-refractivity contribution in [2.24, 2.45) is 5.73 Å². The Morgan fingerprint density at radius 2 is 0.652 bits per heavy atom. The monoisotopic (exact) mass is 1250 g/mol. The molecule has 3 N–H and O–H groups in total. The maximum Gasteiger partial charge on any atom is 2.00 e. The Balaban J connectivity index is 0.000000183. The van der Waals surface area contributed by atoms with Gasteiger partial charge in [0.25, 0.3) is 0 Å². The molecule has 0 radical (unpaired) electrons. The van der Waals surface area contributed by atoms with Gasteiger partial charge in [-0.25, -0.2) is 17.6 Å². The Labute approximate surface area is 544 Å². The number of carbonyl (C=O) groups is 2. The van der Waals surface area contributed by atoms with Crippen LogP contribution in [0.1, 0.15) is 66.0 Å². The fourth-order valence-electron chi connectivity index (χ4n) is 10.2. The van der Waals surface area contributed by atoms with Crippen molar-refractivity contribution in [3.05, 3.63) is 430 Å². The van der Waals surface area contributed by atoms with Crippen LogP contribution in [-0.2, 0) is 21.2 Å². The Kier molecular flexibility index (Phi) is 26.0. The quantitative estimate of drug-likeness (QED) is 0.0418. The van der Waals surface area contributed by atoms with E-state index in [1.807, 2.05) is 194 Å². The zero-order valence-electron chi connectivity index (χ0n) is 48.2. The smallest absolute Gasteiger partial charge is 1.00 e. The third kappa shape index (κ3) is 16.4. The van der Waals surface area contributed by atoms with E-state index in [4.69, 9.17) is 5.73 Å². The van der Waals surface area contributed by atoms with Crippen molar-refractivity contribution in [1.82, 2.24) is 0 Å². The fourth-order valence-corrected chi connectivity index (χ4v) is 10.2. The molecule has 12 aromatic rings. The normalized spacial score (nSPS) is 10.5. The number of amides is 1. The number of primary amides is 1. The molecule has 1 amide bonds. The Bertz CT molecular complexity index is 3940. The van der Waals surface area contributed by atoms with E-state index in [9.17, 15) is 37.5 Å². The minimum Gasteiger partial charge on any atom is -1.00 e. The minimum absolute atomic E-state index is 0. The molecule has 89 heavy (non-hydrogen) atoms. The van der Waals surface area contributed by atoms with Crippen molar-refractivity contribution in [1.29, 1.82) is 5.26 Å². The van der Waals surface area contributed by atoms with Gasteiger partial charge in [0, 0.05) is 33.6 Å². The average molecular weight is 1250 g/mol. The first-order valence-corrected chi connectivity index (χ1v) is 27.7. The summed E-state index contributed by atoms with van der Waals surface area (Å²) in [5, 5.41) is 21.4. The summed E-state index contributed by atoms with van der Waals surface area (Å²) in [6.07, 6.45) is 0. The number of ketones is 1. The van der Waals surface area contributed by atoms with Crippen molar-refractivity contribution in [2.45, 2.75) is 16.4 Å². The number of hydrogen-bond donors (Lipinski definition) is 2. The summed E-state index contributed by atoms with van der Waals surface area (Å²) in [7, 11) is 0. The van der Waals surface area contributed by atoms with Crippen LogP contribution >= 0.6 is 0 Å². The number of aliphatic hydroxyl groups is 1. The van der Waals surface area contributed by atoms with Crippen molar-refractivity contribution >= 4 is 34.7 Å². The third-order valence-corrected chi connectivity index (χ3v) is 14.3. The van der Waals surface area contributed by atoms with Gasteiger partial charge in [-0.05, 0) is 51.6 Å². The number of rotatable bonds is 12. The molecular formula is C78H59BrF4MgN2O3. The van der Waals surface area contributed by atoms with Gasteiger partial charge < -0.3 is 27.8 Å². The molecule has 0 saturated heterocycles. The van der Waals surface area contributed by atoms with E-state index in [1.165, 1.54) is 30.3 Å². The molecule has 0 aliphatic carbocycles. The molecular weight excluding hydrogens is 1190 g/mol. The predicted molar refractivity (Wildman–Crippen MR) is 342 cm³/mol. The Morgan fingerprint density at radius 1 is 0.371 bits per heavy atom. The topological polar surface area (TPSA) is 104 Å². The number of halogens is 5. The third-order valence-electron chi connectivity index (χ3n) is 14.3. The second kappa shape index (κ2) is 33.9. The van der Waals surface area contributed by atoms with Crippen LogP contribution in [0.2, 0.25) is 0 Å². The number of carbonyl (C=O) groups excluding carboxylic acids is 2. The molecule has 0 atom stereocenters. The fraction of sp³-hybridized carbons (Fsp3) is 0.0385. The second-order valence-corrected chi connectivity index (χ2v) is 19.6. The van der Waals surface area contributed by atoms with E-state index >= 15 is 0 Å². The van der Waals surface area contributed by atoms with Crippen LogP contribution in [0.3, 0.4) is 0 Å². The second-order valence-electron chi connectivity index (χ2n) is 19.6. The van der Waals surface area contributed by atoms with Gasteiger partial charge in [-0.1, -0.05) is 297 Å². The standard InChI is InChI=1S/C20H16FNO.C20H14FN.C19H15FO.C13H10O.C6H4F.BrH.Mg/c21-18-14-8-7-13-17(18)20(19(22)23,15-9-3-1-4-10-15)16-11-5-2-6-12-16;21-19-14-8-7-13-18(19)20(15-22,16-9-3-1-4-10-16)17-11-5-2-6-12-17;20-18-14-8-7-13-17(18)19(21,15-9-3-1-4-10-15)16-11-5-2-6-12-16;14-13(11-7-3-1-4-8-11)12-9-5-2-6-10-12;7-6-4-2-1-3-5-6;;/h1-14H,(H2,22,23);1-14H;1-14,21H;1-10H;1-4H;1H;/q;;;;-1;;+2/p-1. The van der Waals surface area contributed by atoms with E-state index in [0.29, 0.717) is 27.8 Å². The predicted octanol–water partition coefficient (Wildman–Crippen LogP) is 13.6. The van der Waals surface area contributed by atoms with Gasteiger partial charge in [0.1, 0.15) is 33.9 Å². The van der Waals surface area contributed by atoms with Crippen LogP contribution in [0.4, 0.5) is 17.6 Å². The van der Waals surface area contributed by atoms with Crippen LogP contribution < -0.4 is 22.7 Å². The maximum atomic E-state index is 14.6. The summed E-state index contributed by atoms with van der Waals surface area (Å²) in [6.45, 7) is 0. The Morgan fingerprint density at radius 3 is 0.944 bits per heavy atom. The van der Waals surface area contributed by atoms with E-state index in [0.717, 1.165) is 22.3 Å². The molecule has 0 aliphatic heterocycles. The van der Waals surface area contributed by atoms with Crippen LogP contribution in [0, 0.1) is 40.7 Å². The molecule has 0 saturated carbocycles. The SMILES string of the molecule is Fc1[c-]cccc1.N#CC(c1ccccc1)(c1ccccc1)c1ccccc1F.NC(=O)C(c1ccccc1)(c1ccccc1)c1ccccc1F.O=C(c1ccccc1)c1ccccc1.OC(c1ccccc1)(c1ccccc1)c1ccccc1F.[Br-].[Mg+2]. The molecule has 12 rings (SSSR count). The summed E-state index contributed by atoms with van der Waals surface area (Å²) < 4.78 is 55.2. The van der Waals surface area contributed by atoms with Gasteiger partial charge in [-0.3, -0.25) is 9.59 Å². The zero-order valence-corrected chi connectivity index (χ0v) is 51.2. The molecule has 0 spiro atoms. The summed E-state index contributed by atoms with van der Waals surface area (Å²) in [5.74, 6) is -2.10. The molecule has 11 heteroatoms. The van der Waals surface area contributed by atoms with Gasteiger partial charge in [0.15, 0.2) is 5.78 Å². The summed E-state index contributed by atoms with van der Waals surface area (Å²) >= 11 is 0. The molecule has 12 aromatic carbocycles. The van der Waals surface area contributed by atoms with Crippen LogP contribution in [0.15, 0.2) is 340 Å². The van der Waals surface area contributed by atoms with Gasteiger partial charge in [0.05, 0.1) is 6.07 Å². The Hall–Kier alpha value is -9.80. The molecule has 0 bridgehead atoms. The molecule has 0 aliphatic rings. The van der Waals surface area contributed by atoms with Crippen molar-refractivity contribution in [3.63, 3.8) is 0 Å². The first-order valence-electron chi connectivity index (χ1n) is 27.7. The molecule has 0 aromatic heterocycles. The van der Waals surface area contributed by atoms with Crippen molar-refractivity contribution < 1.29 is 49.2 Å². The number of nitriles is 1. The van der Waals surface area contributed by atoms with Crippen LogP contribution in [0.5, 0.6) is 0 Å². The molecule has 5 nitrogen and oxygen atoms in total. The van der Waals surface area contributed by atoms with Crippen LogP contribution in [-0.4, -0.2) is 39.8 Å². The average Bonchev–Trinajstić information content (AvgIpc) is 0.889. The number of hydrogen-bond acceptors (Lipinski definition) is 4. The number of benzene rings is 12. The van der Waals surface area contributed by atoms with E-state index in [2.05, 4.69) is 12.1 Å². The first kappa shape index (κ1) is 68.3. The first-order chi connectivity index (χ1) is 42.5. The van der Waals surface area contributed by atoms with Crippen molar-refractivity contribution in [3.8, 4) is 6.07 Å². The van der Waals surface area contributed by atoms with Gasteiger partial charge in [-0.2, -0.15) is 23.5 Å². The summed E-state index contributed by atoms with van der Waals surface area (Å²) in [6, 6.07) is 104. The number of nitrogens with two attached hydrogens (primary N) is 1. The largest absolute Gasteiger partial charge is 2.00 e. The molecule has 436 valence electrons. The zero-order chi connectivity index (χ0) is 61.3. The van der Waals surface area contributed by atoms with Gasteiger partial charge >= 0.3 is 23.1 Å². The molecule has 0 fully saturated rings. The van der Waals surface area contributed by atoms with E-state index < -0.39 is 34.0 Å². The maximum absolute atomic E-state index is 14.6. The van der Waals surface area contributed by atoms with Crippen LogP contribution in [0.25, 0.3) is 0 Å². The summed E-state index contributed by atoms with van der Waals surface area (Å²) in [4.78, 5) is 24.5. The molecule has 0 heterocycles.